The first-order valence-electron chi connectivity index (χ1n) is 13.2. The van der Waals surface area contributed by atoms with E-state index < -0.39 is 23.8 Å². The number of ether oxygens (including phenoxy) is 2. The van der Waals surface area contributed by atoms with Gasteiger partial charge in [0.2, 0.25) is 11.7 Å². The van der Waals surface area contributed by atoms with Gasteiger partial charge in [0.25, 0.3) is 0 Å². The molecule has 1 amide bonds. The number of benzene rings is 1. The molecule has 1 aromatic heterocycles. The third-order valence-electron chi connectivity index (χ3n) is 5.61. The summed E-state index contributed by atoms with van der Waals surface area (Å²) in [5, 5.41) is 6.69. The molecule has 0 spiro atoms. The number of unbranched alkanes of at least 4 members (excludes halogenated alkanes) is 7. The van der Waals surface area contributed by atoms with Crippen LogP contribution in [-0.2, 0) is 27.1 Å². The third-order valence-corrected chi connectivity index (χ3v) is 5.61. The SMILES string of the molecule is CCCCCCCCCCc1ccc(-c2noc(CC(CNC(=O)OC(C)(C)C)OC(C)=O)n2)cc1. The van der Waals surface area contributed by atoms with Crippen LogP contribution in [0, 0.1) is 0 Å². The second-order valence-corrected chi connectivity index (χ2v) is 10.3. The van der Waals surface area contributed by atoms with Crippen molar-refractivity contribution in [3.05, 3.63) is 35.7 Å². The lowest BCUT2D eigenvalue weighted by molar-refractivity contribution is -0.146. The molecule has 0 aliphatic carbocycles. The average molecular weight is 502 g/mol. The highest BCUT2D eigenvalue weighted by atomic mass is 16.6. The van der Waals surface area contributed by atoms with E-state index in [-0.39, 0.29) is 13.0 Å². The molecule has 0 saturated carbocycles. The van der Waals surface area contributed by atoms with Crippen LogP contribution in [0.1, 0.15) is 97.4 Å². The Labute approximate surface area is 215 Å². The van der Waals surface area contributed by atoms with E-state index in [0.29, 0.717) is 11.7 Å². The van der Waals surface area contributed by atoms with Gasteiger partial charge in [-0.1, -0.05) is 81.3 Å². The molecule has 0 bridgehead atoms. The number of hydrogen-bond donors (Lipinski definition) is 1. The highest BCUT2D eigenvalue weighted by Gasteiger charge is 2.21. The molecule has 0 aliphatic heterocycles. The Morgan fingerprint density at radius 3 is 2.25 bits per heavy atom. The van der Waals surface area contributed by atoms with Crippen molar-refractivity contribution in [2.75, 3.05) is 6.54 Å². The molecular weight excluding hydrogens is 458 g/mol. The number of alkyl carbamates (subject to hydrolysis) is 1. The first-order chi connectivity index (χ1) is 17.2. The number of carbonyl (C=O) groups is 2. The lowest BCUT2D eigenvalue weighted by Crippen LogP contribution is -2.39. The van der Waals surface area contributed by atoms with Gasteiger partial charge >= 0.3 is 12.1 Å². The number of nitrogens with one attached hydrogen (secondary N) is 1. The molecule has 1 heterocycles. The number of aryl methyl sites for hydroxylation is 1. The topological polar surface area (TPSA) is 104 Å². The van der Waals surface area contributed by atoms with E-state index in [0.717, 1.165) is 12.0 Å². The number of esters is 1. The number of hydrogen-bond acceptors (Lipinski definition) is 7. The largest absolute Gasteiger partial charge is 0.460 e. The predicted octanol–water partition coefficient (Wildman–Crippen LogP) is 6.42. The van der Waals surface area contributed by atoms with E-state index in [1.807, 2.05) is 12.1 Å². The molecular formula is C28H43N3O5. The number of carbonyl (C=O) groups excluding carboxylic acids is 2. The standard InChI is InChI=1S/C28H43N3O5/c1-6-7-8-9-10-11-12-13-14-22-15-17-23(18-16-22)26-30-25(36-31-26)19-24(34-21(2)32)20-29-27(33)35-28(3,4)5/h15-18,24H,6-14,19-20H2,1-5H3,(H,29,33). The van der Waals surface area contributed by atoms with E-state index in [1.54, 1.807) is 20.8 Å². The van der Waals surface area contributed by atoms with Crippen LogP contribution >= 0.6 is 0 Å². The van der Waals surface area contributed by atoms with Crippen LogP contribution in [0.4, 0.5) is 4.79 Å². The maximum absolute atomic E-state index is 11.9. The maximum atomic E-state index is 11.9. The summed E-state index contributed by atoms with van der Waals surface area (Å²) in [5.41, 5.74) is 1.54. The van der Waals surface area contributed by atoms with Crippen molar-refractivity contribution in [1.29, 1.82) is 0 Å². The highest BCUT2D eigenvalue weighted by Crippen LogP contribution is 2.19. The zero-order valence-electron chi connectivity index (χ0n) is 22.6. The van der Waals surface area contributed by atoms with Crippen LogP contribution in [0.2, 0.25) is 0 Å². The van der Waals surface area contributed by atoms with E-state index in [1.165, 1.54) is 63.9 Å². The Morgan fingerprint density at radius 1 is 1.00 bits per heavy atom. The summed E-state index contributed by atoms with van der Waals surface area (Å²) < 4.78 is 15.9. The molecule has 1 aromatic carbocycles. The summed E-state index contributed by atoms with van der Waals surface area (Å²) in [6.07, 6.45) is 10.5. The highest BCUT2D eigenvalue weighted by molar-refractivity contribution is 5.68. The van der Waals surface area contributed by atoms with Crippen molar-refractivity contribution in [3.8, 4) is 11.4 Å². The van der Waals surface area contributed by atoms with Gasteiger partial charge in [-0.3, -0.25) is 4.79 Å². The van der Waals surface area contributed by atoms with Crippen molar-refractivity contribution in [3.63, 3.8) is 0 Å². The van der Waals surface area contributed by atoms with Gasteiger partial charge in [0, 0.05) is 12.5 Å². The molecule has 2 rings (SSSR count). The molecule has 0 fully saturated rings. The lowest BCUT2D eigenvalue weighted by atomic mass is 10.0. The molecule has 1 atom stereocenters. The Morgan fingerprint density at radius 2 is 1.64 bits per heavy atom. The minimum atomic E-state index is -0.655. The fourth-order valence-corrected chi connectivity index (χ4v) is 3.83. The summed E-state index contributed by atoms with van der Waals surface area (Å²) in [4.78, 5) is 27.9. The third kappa shape index (κ3) is 12.2. The van der Waals surface area contributed by atoms with E-state index >= 15 is 0 Å². The number of amides is 1. The lowest BCUT2D eigenvalue weighted by Gasteiger charge is -2.21. The van der Waals surface area contributed by atoms with Crippen LogP contribution in [0.5, 0.6) is 0 Å². The zero-order chi connectivity index (χ0) is 26.4. The molecule has 8 heteroatoms. The van der Waals surface area contributed by atoms with Gasteiger partial charge in [0.1, 0.15) is 11.7 Å². The fraction of sp³-hybridized carbons (Fsp3) is 0.643. The minimum absolute atomic E-state index is 0.0691. The van der Waals surface area contributed by atoms with Gasteiger partial charge in [-0.25, -0.2) is 4.79 Å². The summed E-state index contributed by atoms with van der Waals surface area (Å²) >= 11 is 0. The molecule has 200 valence electrons. The van der Waals surface area contributed by atoms with Crippen molar-refractivity contribution >= 4 is 12.1 Å². The number of nitrogens with zero attached hydrogens (tertiary/aromatic N) is 2. The van der Waals surface area contributed by atoms with Gasteiger partial charge in [0.15, 0.2) is 0 Å². The van der Waals surface area contributed by atoms with Crippen LogP contribution in [0.25, 0.3) is 11.4 Å². The van der Waals surface area contributed by atoms with Crippen LogP contribution in [0.15, 0.2) is 28.8 Å². The fourth-order valence-electron chi connectivity index (χ4n) is 3.83. The molecule has 0 radical (unpaired) electrons. The van der Waals surface area contributed by atoms with E-state index in [9.17, 15) is 9.59 Å². The summed E-state index contributed by atoms with van der Waals surface area (Å²) in [6.45, 7) is 8.96. The van der Waals surface area contributed by atoms with Crippen LogP contribution in [0.3, 0.4) is 0 Å². The first-order valence-corrected chi connectivity index (χ1v) is 13.2. The Balaban J connectivity index is 1.83. The van der Waals surface area contributed by atoms with E-state index in [4.69, 9.17) is 14.0 Å². The number of aromatic nitrogens is 2. The molecule has 0 saturated heterocycles. The van der Waals surface area contributed by atoms with Crippen molar-refractivity contribution in [1.82, 2.24) is 15.5 Å². The monoisotopic (exact) mass is 501 g/mol. The predicted molar refractivity (Wildman–Crippen MR) is 140 cm³/mol. The smallest absolute Gasteiger partial charge is 0.407 e. The quantitative estimate of drug-likeness (QED) is 0.222. The Bertz CT molecular complexity index is 918. The summed E-state index contributed by atoms with van der Waals surface area (Å²) in [6, 6.07) is 8.22. The molecule has 0 aliphatic rings. The first kappa shape index (κ1) is 29.3. The second kappa shape index (κ2) is 15.3. The van der Waals surface area contributed by atoms with Crippen LogP contribution in [-0.4, -0.2) is 40.5 Å². The Hall–Kier alpha value is -2.90. The van der Waals surface area contributed by atoms with Gasteiger partial charge in [0.05, 0.1) is 13.0 Å². The average Bonchev–Trinajstić information content (AvgIpc) is 3.26. The molecule has 36 heavy (non-hydrogen) atoms. The van der Waals surface area contributed by atoms with Crippen molar-refractivity contribution < 1.29 is 23.6 Å². The maximum Gasteiger partial charge on any atom is 0.407 e. The molecule has 8 nitrogen and oxygen atoms in total. The van der Waals surface area contributed by atoms with Gasteiger partial charge in [-0.2, -0.15) is 4.98 Å². The van der Waals surface area contributed by atoms with Gasteiger partial charge in [-0.05, 0) is 39.2 Å². The summed E-state index contributed by atoms with van der Waals surface area (Å²) in [5.74, 6) is 0.341. The van der Waals surface area contributed by atoms with Gasteiger partial charge < -0.3 is 19.3 Å². The van der Waals surface area contributed by atoms with Crippen LogP contribution < -0.4 is 5.32 Å². The summed E-state index contributed by atoms with van der Waals surface area (Å²) in [7, 11) is 0. The van der Waals surface area contributed by atoms with Crippen molar-refractivity contribution in [2.24, 2.45) is 0 Å². The minimum Gasteiger partial charge on any atom is -0.460 e. The molecule has 2 aromatic rings. The Kier molecular flexibility index (Phi) is 12.4. The molecule has 1 unspecified atom stereocenters. The molecule has 1 N–H and O–H groups in total. The zero-order valence-corrected chi connectivity index (χ0v) is 22.6. The van der Waals surface area contributed by atoms with E-state index in [2.05, 4.69) is 34.5 Å². The number of rotatable bonds is 15. The normalized spacial score (nSPS) is 12.2. The van der Waals surface area contributed by atoms with Gasteiger partial charge in [-0.15, -0.1) is 0 Å². The second-order valence-electron chi connectivity index (χ2n) is 10.3. The van der Waals surface area contributed by atoms with Crippen molar-refractivity contribution in [2.45, 2.75) is 111 Å².